The lowest BCUT2D eigenvalue weighted by Gasteiger charge is -2.37. The van der Waals surface area contributed by atoms with Crippen LogP contribution in [0.15, 0.2) is 61.1 Å². The van der Waals surface area contributed by atoms with Crippen molar-refractivity contribution in [2.45, 2.75) is 46.2 Å². The molecule has 1 saturated heterocycles. The molecule has 0 atom stereocenters. The molecule has 1 saturated carbocycles. The van der Waals surface area contributed by atoms with Crippen molar-refractivity contribution < 1.29 is 9.18 Å². The number of carbonyl (C=O) groups excluding carboxylic acids is 1. The Balaban J connectivity index is 0.971. The number of carbonyl (C=O) groups is 1. The SMILES string of the molecule is Cc1cc(C)c(N2CCN(Cc3ccc(NC(=O)Nc4ccc(-c5cn(C6CC6)c6ncnc(N)c56)cc4F)cc3Cl)CC2)c(C)c1. The van der Waals surface area contributed by atoms with E-state index < -0.39 is 11.8 Å². The molecule has 0 bridgehead atoms. The number of nitrogens with zero attached hydrogens (tertiary/aromatic N) is 5. The molecular formula is C36H38ClFN8O. The number of amides is 2. The second kappa shape index (κ2) is 12.5. The smallest absolute Gasteiger partial charge is 0.323 e. The predicted molar refractivity (Wildman–Crippen MR) is 188 cm³/mol. The van der Waals surface area contributed by atoms with Gasteiger partial charge >= 0.3 is 6.03 Å². The normalized spacial score (nSPS) is 15.3. The maximum atomic E-state index is 15.3. The summed E-state index contributed by atoms with van der Waals surface area (Å²) in [5.74, 6) is -0.219. The Kier molecular flexibility index (Phi) is 8.23. The Morgan fingerprint density at radius 3 is 2.40 bits per heavy atom. The van der Waals surface area contributed by atoms with Crippen molar-refractivity contribution in [1.82, 2.24) is 19.4 Å². The molecule has 4 N–H and O–H groups in total. The van der Waals surface area contributed by atoms with Crippen LogP contribution < -0.4 is 21.3 Å². The van der Waals surface area contributed by atoms with Crippen LogP contribution >= 0.6 is 11.6 Å². The van der Waals surface area contributed by atoms with Crippen LogP contribution in [0.2, 0.25) is 5.02 Å². The first kappa shape index (κ1) is 31.0. The van der Waals surface area contributed by atoms with Crippen LogP contribution in [0.5, 0.6) is 0 Å². The van der Waals surface area contributed by atoms with E-state index in [1.54, 1.807) is 18.2 Å². The van der Waals surface area contributed by atoms with Crippen LogP contribution in [-0.4, -0.2) is 51.6 Å². The molecule has 2 aromatic heterocycles. The predicted octanol–water partition coefficient (Wildman–Crippen LogP) is 7.70. The molecule has 7 rings (SSSR count). The van der Waals surface area contributed by atoms with E-state index in [4.69, 9.17) is 17.3 Å². The molecule has 2 amide bonds. The summed E-state index contributed by atoms with van der Waals surface area (Å²) >= 11 is 6.66. The van der Waals surface area contributed by atoms with Crippen LogP contribution in [0.3, 0.4) is 0 Å². The van der Waals surface area contributed by atoms with E-state index in [1.165, 1.54) is 34.8 Å². The van der Waals surface area contributed by atoms with Crippen LogP contribution in [0.1, 0.15) is 41.1 Å². The highest BCUT2D eigenvalue weighted by molar-refractivity contribution is 6.31. The average Bonchev–Trinajstić information content (AvgIpc) is 3.79. The van der Waals surface area contributed by atoms with Gasteiger partial charge in [0, 0.05) is 66.9 Å². The third-order valence-electron chi connectivity index (χ3n) is 9.14. The Hall–Kier alpha value is -4.67. The number of aromatic nitrogens is 3. The fraction of sp³-hybridized carbons (Fsp3) is 0.306. The van der Waals surface area contributed by atoms with E-state index in [9.17, 15) is 4.79 Å². The highest BCUT2D eigenvalue weighted by Gasteiger charge is 2.28. The number of anilines is 4. The van der Waals surface area contributed by atoms with Crippen LogP contribution in [0.25, 0.3) is 22.2 Å². The van der Waals surface area contributed by atoms with Gasteiger partial charge in [-0.3, -0.25) is 4.90 Å². The number of hydrogen-bond donors (Lipinski definition) is 3. The molecule has 1 aliphatic carbocycles. The fourth-order valence-electron chi connectivity index (χ4n) is 6.82. The quantitative estimate of drug-likeness (QED) is 0.166. The minimum Gasteiger partial charge on any atom is -0.383 e. The number of rotatable bonds is 7. The lowest BCUT2D eigenvalue weighted by molar-refractivity contribution is 0.250. The van der Waals surface area contributed by atoms with Gasteiger partial charge in [0.05, 0.1) is 11.1 Å². The second-order valence-corrected chi connectivity index (χ2v) is 13.1. The standard InChI is InChI=1S/C36H38ClFN8O/c1-21-14-22(2)33(23(3)15-21)45-12-10-44(11-13-45)18-25-4-6-26(17-29(25)37)42-36(47)43-31-9-5-24(16-30(31)38)28-19-46(27-7-8-27)35-32(28)34(39)40-20-41-35/h4-6,9,14-17,19-20,27H,7-8,10-13,18H2,1-3H3,(H2,39,40,41)(H2,42,43,47). The van der Waals surface area contributed by atoms with E-state index >= 15 is 4.39 Å². The van der Waals surface area contributed by atoms with Crippen molar-refractivity contribution in [2.24, 2.45) is 0 Å². The third-order valence-corrected chi connectivity index (χ3v) is 9.49. The Bertz CT molecular complexity index is 1970. The summed E-state index contributed by atoms with van der Waals surface area (Å²) < 4.78 is 17.4. The van der Waals surface area contributed by atoms with Gasteiger partial charge in [-0.15, -0.1) is 0 Å². The van der Waals surface area contributed by atoms with Crippen LogP contribution in [-0.2, 0) is 6.54 Å². The Labute approximate surface area is 278 Å². The highest BCUT2D eigenvalue weighted by Crippen LogP contribution is 2.42. The highest BCUT2D eigenvalue weighted by atomic mass is 35.5. The number of aryl methyl sites for hydroxylation is 3. The average molecular weight is 653 g/mol. The van der Waals surface area contributed by atoms with Crippen molar-refractivity contribution in [1.29, 1.82) is 0 Å². The summed E-state index contributed by atoms with van der Waals surface area (Å²) in [6, 6.07) is 14.5. The summed E-state index contributed by atoms with van der Waals surface area (Å²) in [6.45, 7) is 11.0. The number of piperazine rings is 1. The van der Waals surface area contributed by atoms with E-state index in [1.807, 2.05) is 18.3 Å². The Morgan fingerprint density at radius 2 is 1.72 bits per heavy atom. The molecule has 0 radical (unpaired) electrons. The third kappa shape index (κ3) is 6.35. The van der Waals surface area contributed by atoms with E-state index in [0.29, 0.717) is 33.5 Å². The minimum atomic E-state index is -0.568. The first-order valence-corrected chi connectivity index (χ1v) is 16.3. The van der Waals surface area contributed by atoms with Gasteiger partial charge in [-0.05, 0) is 80.1 Å². The zero-order valence-corrected chi connectivity index (χ0v) is 27.5. The largest absolute Gasteiger partial charge is 0.383 e. The van der Waals surface area contributed by atoms with Gasteiger partial charge in [-0.2, -0.15) is 0 Å². The van der Waals surface area contributed by atoms with E-state index in [2.05, 4.69) is 67.9 Å². The molecule has 11 heteroatoms. The van der Waals surface area contributed by atoms with Gasteiger partial charge < -0.3 is 25.8 Å². The van der Waals surface area contributed by atoms with Crippen molar-refractivity contribution in [3.05, 3.63) is 94.1 Å². The minimum absolute atomic E-state index is 0.0549. The zero-order chi connectivity index (χ0) is 32.8. The molecule has 2 aliphatic rings. The molecule has 2 fully saturated rings. The number of urea groups is 1. The second-order valence-electron chi connectivity index (χ2n) is 12.7. The molecule has 242 valence electrons. The summed E-state index contributed by atoms with van der Waals surface area (Å²) in [7, 11) is 0. The number of nitrogen functional groups attached to an aromatic ring is 1. The van der Waals surface area contributed by atoms with Gasteiger partial charge in [0.25, 0.3) is 0 Å². The lowest BCUT2D eigenvalue weighted by Crippen LogP contribution is -2.46. The van der Waals surface area contributed by atoms with Crippen LogP contribution in [0.4, 0.5) is 32.1 Å². The van der Waals surface area contributed by atoms with Gasteiger partial charge in [0.15, 0.2) is 0 Å². The van der Waals surface area contributed by atoms with Crippen molar-refractivity contribution >= 4 is 51.5 Å². The van der Waals surface area contributed by atoms with Gasteiger partial charge in [-0.1, -0.05) is 41.4 Å². The van der Waals surface area contributed by atoms with Gasteiger partial charge in [0.2, 0.25) is 0 Å². The van der Waals surface area contributed by atoms with Gasteiger partial charge in [-0.25, -0.2) is 19.2 Å². The van der Waals surface area contributed by atoms with E-state index in [0.717, 1.165) is 62.3 Å². The fourth-order valence-corrected chi connectivity index (χ4v) is 7.06. The monoisotopic (exact) mass is 652 g/mol. The van der Waals surface area contributed by atoms with Crippen molar-refractivity contribution in [3.8, 4) is 11.1 Å². The maximum Gasteiger partial charge on any atom is 0.323 e. The number of halogens is 2. The first-order chi connectivity index (χ1) is 22.6. The molecule has 1 aliphatic heterocycles. The molecule has 3 heterocycles. The number of nitrogens with one attached hydrogen (secondary N) is 2. The maximum absolute atomic E-state index is 15.3. The zero-order valence-electron chi connectivity index (χ0n) is 26.8. The first-order valence-electron chi connectivity index (χ1n) is 16.0. The number of benzene rings is 3. The topological polar surface area (TPSA) is 104 Å². The molecular weight excluding hydrogens is 615 g/mol. The molecule has 9 nitrogen and oxygen atoms in total. The van der Waals surface area contributed by atoms with Gasteiger partial charge in [0.1, 0.15) is 23.6 Å². The molecule has 47 heavy (non-hydrogen) atoms. The number of hydrogen-bond acceptors (Lipinski definition) is 6. The van der Waals surface area contributed by atoms with Crippen molar-refractivity contribution in [3.63, 3.8) is 0 Å². The van der Waals surface area contributed by atoms with Crippen LogP contribution in [0, 0.1) is 26.6 Å². The summed E-state index contributed by atoms with van der Waals surface area (Å²) in [4.78, 5) is 26.3. The van der Waals surface area contributed by atoms with E-state index in [-0.39, 0.29) is 5.69 Å². The molecule has 0 unspecified atom stereocenters. The number of fused-ring (bicyclic) bond motifs is 1. The molecule has 3 aromatic carbocycles. The lowest BCUT2D eigenvalue weighted by atomic mass is 10.0. The number of nitrogens with two attached hydrogens (primary N) is 1. The molecule has 0 spiro atoms. The Morgan fingerprint density at radius 1 is 0.979 bits per heavy atom. The summed E-state index contributed by atoms with van der Waals surface area (Å²) in [6.07, 6.45) is 5.55. The summed E-state index contributed by atoms with van der Waals surface area (Å²) in [5.41, 5.74) is 15.2. The molecule has 5 aromatic rings. The van der Waals surface area contributed by atoms with Crippen molar-refractivity contribution in [2.75, 3.05) is 47.4 Å². The summed E-state index contributed by atoms with van der Waals surface area (Å²) in [5, 5.41) is 6.65.